The van der Waals surface area contributed by atoms with Crippen LogP contribution in [-0.2, 0) is 22.6 Å². The molecule has 1 aliphatic rings. The molecule has 0 saturated carbocycles. The van der Waals surface area contributed by atoms with E-state index in [-0.39, 0.29) is 36.6 Å². The lowest BCUT2D eigenvalue weighted by Gasteiger charge is -2.28. The van der Waals surface area contributed by atoms with Crippen molar-refractivity contribution in [3.05, 3.63) is 65.4 Å². The summed E-state index contributed by atoms with van der Waals surface area (Å²) in [7, 11) is 1.66. The first-order valence-corrected chi connectivity index (χ1v) is 11.9. The third kappa shape index (κ3) is 7.03. The molecule has 0 radical (unpaired) electrons. The van der Waals surface area contributed by atoms with E-state index >= 15 is 0 Å². The molecule has 4 rings (SSSR count). The van der Waals surface area contributed by atoms with E-state index in [4.69, 9.17) is 16.2 Å². The van der Waals surface area contributed by atoms with Crippen LogP contribution in [0, 0.1) is 12.8 Å². The van der Waals surface area contributed by atoms with Gasteiger partial charge in [0.1, 0.15) is 11.6 Å². The number of aromatic nitrogens is 1. The topological polar surface area (TPSA) is 124 Å². The molecule has 2 unspecified atom stereocenters. The number of nitrogens with two attached hydrogens (primary N) is 2. The largest absolute Gasteiger partial charge is 0.497 e. The monoisotopic (exact) mass is 547 g/mol. The summed E-state index contributed by atoms with van der Waals surface area (Å²) in [5, 5.41) is 5.23. The third-order valence-corrected chi connectivity index (χ3v) is 6.94. The van der Waals surface area contributed by atoms with Gasteiger partial charge in [-0.15, -0.1) is 24.8 Å². The Hall–Kier alpha value is -3.07. The quantitative estimate of drug-likeness (QED) is 0.397. The van der Waals surface area contributed by atoms with Crippen molar-refractivity contribution in [2.45, 2.75) is 45.3 Å². The zero-order valence-electron chi connectivity index (χ0n) is 21.3. The first-order valence-electron chi connectivity index (χ1n) is 11.9. The predicted octanol–water partition coefficient (Wildman–Crippen LogP) is 3.40. The molecule has 2 heterocycles. The number of halogens is 2. The summed E-state index contributed by atoms with van der Waals surface area (Å²) in [4.78, 5) is 31.4. The molecule has 5 N–H and O–H groups in total. The minimum Gasteiger partial charge on any atom is -0.497 e. The van der Waals surface area contributed by atoms with Gasteiger partial charge < -0.3 is 21.5 Å². The van der Waals surface area contributed by atoms with E-state index in [0.717, 1.165) is 34.2 Å². The normalized spacial score (nSPS) is 17.9. The highest BCUT2D eigenvalue weighted by atomic mass is 35.5. The Balaban J connectivity index is 0.00000241. The molecule has 2 amide bonds. The summed E-state index contributed by atoms with van der Waals surface area (Å²) >= 11 is 0. The number of primary amides is 1. The number of nitrogens with one attached hydrogen (secondary N) is 1. The Morgan fingerprint density at radius 3 is 2.51 bits per heavy atom. The lowest BCUT2D eigenvalue weighted by Crippen LogP contribution is -2.51. The van der Waals surface area contributed by atoms with Crippen molar-refractivity contribution in [1.82, 2.24) is 15.2 Å². The molecule has 1 aliphatic heterocycles. The number of nitrogens with zero attached hydrogens (tertiary/aromatic N) is 2. The summed E-state index contributed by atoms with van der Waals surface area (Å²) in [6.07, 6.45) is 1.45. The molecular formula is C27H35Cl2N5O3. The van der Waals surface area contributed by atoms with Gasteiger partial charge in [-0.3, -0.25) is 14.5 Å². The van der Waals surface area contributed by atoms with Crippen LogP contribution in [0.3, 0.4) is 0 Å². The molecule has 0 bridgehead atoms. The fourth-order valence-corrected chi connectivity index (χ4v) is 4.94. The maximum atomic E-state index is 13.0. The van der Waals surface area contributed by atoms with Crippen LogP contribution in [0.25, 0.3) is 10.8 Å². The Labute approximate surface area is 229 Å². The van der Waals surface area contributed by atoms with E-state index < -0.39 is 18.0 Å². The first-order chi connectivity index (χ1) is 16.7. The summed E-state index contributed by atoms with van der Waals surface area (Å²) in [5.41, 5.74) is 14.3. The van der Waals surface area contributed by atoms with Crippen molar-refractivity contribution in [3.63, 3.8) is 0 Å². The van der Waals surface area contributed by atoms with E-state index in [1.165, 1.54) is 5.56 Å². The number of carbonyl (C=O) groups excluding carboxylic acids is 2. The number of ether oxygens (including phenoxy) is 1. The Morgan fingerprint density at radius 2 is 1.84 bits per heavy atom. The minimum absolute atomic E-state index is 0. The second-order valence-corrected chi connectivity index (χ2v) is 9.34. The molecule has 0 spiro atoms. The van der Waals surface area contributed by atoms with Gasteiger partial charge >= 0.3 is 0 Å². The highest BCUT2D eigenvalue weighted by Crippen LogP contribution is 2.30. The molecule has 8 nitrogen and oxygen atoms in total. The fourth-order valence-electron chi connectivity index (χ4n) is 4.94. The van der Waals surface area contributed by atoms with Crippen LogP contribution in [0.1, 0.15) is 30.2 Å². The molecular weight excluding hydrogens is 513 g/mol. The zero-order valence-corrected chi connectivity index (χ0v) is 22.9. The van der Waals surface area contributed by atoms with Crippen LogP contribution < -0.4 is 21.5 Å². The molecule has 2 aromatic carbocycles. The molecule has 200 valence electrons. The lowest BCUT2D eigenvalue weighted by atomic mass is 9.95. The number of fused-ring (bicyclic) bond motifs is 1. The number of hydrogen-bond donors (Lipinski definition) is 3. The van der Waals surface area contributed by atoms with Crippen molar-refractivity contribution >= 4 is 53.2 Å². The molecule has 3 atom stereocenters. The Morgan fingerprint density at radius 1 is 1.14 bits per heavy atom. The molecule has 37 heavy (non-hydrogen) atoms. The maximum absolute atomic E-state index is 13.0. The van der Waals surface area contributed by atoms with Crippen LogP contribution in [0.15, 0.2) is 48.5 Å². The SMILES string of the molecule is COc1ccc2cc(CC3CC(C(N)=O)N([C@@H](C)C(=O)NCc4ccc(N)nc4C)C3)ccc2c1.Cl.Cl. The Bertz CT molecular complexity index is 1260. The minimum atomic E-state index is -0.483. The number of nitrogen functional groups attached to an aromatic ring is 1. The van der Waals surface area contributed by atoms with E-state index in [0.29, 0.717) is 25.3 Å². The van der Waals surface area contributed by atoms with Gasteiger partial charge in [-0.2, -0.15) is 0 Å². The highest BCUT2D eigenvalue weighted by molar-refractivity contribution is 5.86. The van der Waals surface area contributed by atoms with Crippen LogP contribution >= 0.6 is 24.8 Å². The van der Waals surface area contributed by atoms with Crippen molar-refractivity contribution < 1.29 is 14.3 Å². The Kier molecular flexibility index (Phi) is 10.5. The van der Waals surface area contributed by atoms with Gasteiger partial charge in [0.2, 0.25) is 11.8 Å². The highest BCUT2D eigenvalue weighted by Gasteiger charge is 2.40. The molecule has 1 saturated heterocycles. The standard InChI is InChI=1S/C27H33N5O3.2ClH/c1-16-22(7-9-25(28)31-16)14-30-27(34)17(2)32-15-19(12-24(32)26(29)33)10-18-4-5-21-13-23(35-3)8-6-20(21)11-18;;/h4-9,11,13,17,19,24H,10,12,14-15H2,1-3H3,(H2,28,31)(H2,29,33)(H,30,34);2*1H/t17-,19?,24?;;/m0../s1. The van der Waals surface area contributed by atoms with Crippen LogP contribution in [-0.4, -0.2) is 47.4 Å². The molecule has 10 heteroatoms. The number of pyridine rings is 1. The van der Waals surface area contributed by atoms with Gasteiger partial charge in [-0.25, -0.2) is 4.98 Å². The van der Waals surface area contributed by atoms with Crippen molar-refractivity contribution in [2.75, 3.05) is 19.4 Å². The molecule has 1 aromatic heterocycles. The van der Waals surface area contributed by atoms with Gasteiger partial charge in [-0.05, 0) is 72.7 Å². The molecule has 1 fully saturated rings. The van der Waals surface area contributed by atoms with E-state index in [1.807, 2.05) is 36.9 Å². The third-order valence-electron chi connectivity index (χ3n) is 6.94. The average Bonchev–Trinajstić information content (AvgIpc) is 3.26. The predicted molar refractivity (Wildman–Crippen MR) is 151 cm³/mol. The molecule has 0 aliphatic carbocycles. The van der Waals surface area contributed by atoms with Gasteiger partial charge in [0, 0.05) is 18.8 Å². The van der Waals surface area contributed by atoms with Crippen LogP contribution in [0.2, 0.25) is 0 Å². The molecule has 3 aromatic rings. The van der Waals surface area contributed by atoms with Gasteiger partial charge in [0.15, 0.2) is 0 Å². The van der Waals surface area contributed by atoms with E-state index in [9.17, 15) is 9.59 Å². The zero-order chi connectivity index (χ0) is 25.1. The lowest BCUT2D eigenvalue weighted by molar-refractivity contribution is -0.129. The number of hydrogen-bond acceptors (Lipinski definition) is 6. The number of methoxy groups -OCH3 is 1. The summed E-state index contributed by atoms with van der Waals surface area (Å²) in [6, 6.07) is 15.0. The van der Waals surface area contributed by atoms with Gasteiger partial charge in [-0.1, -0.05) is 30.3 Å². The number of benzene rings is 2. The first kappa shape index (κ1) is 30.2. The number of rotatable bonds is 8. The fraction of sp³-hybridized carbons (Fsp3) is 0.370. The van der Waals surface area contributed by atoms with Crippen molar-refractivity contribution in [2.24, 2.45) is 11.7 Å². The van der Waals surface area contributed by atoms with Gasteiger partial charge in [0.05, 0.1) is 19.2 Å². The summed E-state index contributed by atoms with van der Waals surface area (Å²) in [5.74, 6) is 0.965. The smallest absolute Gasteiger partial charge is 0.237 e. The number of likely N-dealkylation sites (tertiary alicyclic amines) is 1. The maximum Gasteiger partial charge on any atom is 0.237 e. The number of amides is 2. The number of aryl methyl sites for hydroxylation is 1. The summed E-state index contributed by atoms with van der Waals surface area (Å²) < 4.78 is 5.31. The second kappa shape index (κ2) is 12.9. The second-order valence-electron chi connectivity index (χ2n) is 9.34. The van der Waals surface area contributed by atoms with E-state index in [2.05, 4.69) is 34.6 Å². The van der Waals surface area contributed by atoms with Crippen molar-refractivity contribution in [3.8, 4) is 5.75 Å². The summed E-state index contributed by atoms with van der Waals surface area (Å²) in [6.45, 7) is 4.66. The number of carbonyl (C=O) groups is 2. The average molecular weight is 549 g/mol. The van der Waals surface area contributed by atoms with Crippen LogP contribution in [0.5, 0.6) is 5.75 Å². The van der Waals surface area contributed by atoms with Gasteiger partial charge in [0.25, 0.3) is 0 Å². The van der Waals surface area contributed by atoms with Crippen molar-refractivity contribution in [1.29, 1.82) is 0 Å². The van der Waals surface area contributed by atoms with E-state index in [1.54, 1.807) is 13.2 Å². The van der Waals surface area contributed by atoms with Crippen LogP contribution in [0.4, 0.5) is 5.82 Å². The number of anilines is 1.